The van der Waals surface area contributed by atoms with Gasteiger partial charge in [0.15, 0.2) is 0 Å². The Morgan fingerprint density at radius 1 is 1.11 bits per heavy atom. The van der Waals surface area contributed by atoms with Crippen LogP contribution in [0.15, 0.2) is 67.1 Å². The summed E-state index contributed by atoms with van der Waals surface area (Å²) in [5.41, 5.74) is 4.68. The van der Waals surface area contributed by atoms with Gasteiger partial charge in [-0.2, -0.15) is 0 Å². The molecule has 0 spiro atoms. The molecular formula is C26H27N7O2. The number of hydrogen-bond acceptors (Lipinski definition) is 7. The van der Waals surface area contributed by atoms with Crippen molar-refractivity contribution in [2.45, 2.75) is 18.9 Å². The van der Waals surface area contributed by atoms with E-state index < -0.39 is 0 Å². The van der Waals surface area contributed by atoms with E-state index in [2.05, 4.69) is 37.1 Å². The Kier molecular flexibility index (Phi) is 6.05. The maximum atomic E-state index is 12.2. The van der Waals surface area contributed by atoms with Crippen molar-refractivity contribution >= 4 is 28.4 Å². The summed E-state index contributed by atoms with van der Waals surface area (Å²) in [6.45, 7) is 4.71. The number of nitrogens with zero attached hydrogens (tertiary/aromatic N) is 4. The molecule has 0 unspecified atom stereocenters. The molecule has 1 aliphatic heterocycles. The van der Waals surface area contributed by atoms with Crippen LogP contribution in [-0.2, 0) is 0 Å². The Balaban J connectivity index is 1.32. The van der Waals surface area contributed by atoms with Gasteiger partial charge in [0.1, 0.15) is 17.5 Å². The van der Waals surface area contributed by atoms with Crippen LogP contribution < -0.4 is 15.4 Å². The lowest BCUT2D eigenvalue weighted by Gasteiger charge is -2.26. The largest absolute Gasteiger partial charge is 0.488 e. The number of amides is 1. The first kappa shape index (κ1) is 22.4. The third-order valence-corrected chi connectivity index (χ3v) is 5.81. The third-order valence-electron chi connectivity index (χ3n) is 5.81. The van der Waals surface area contributed by atoms with Gasteiger partial charge in [-0.3, -0.25) is 9.78 Å². The maximum absolute atomic E-state index is 12.2. The van der Waals surface area contributed by atoms with Crippen molar-refractivity contribution in [1.29, 1.82) is 0 Å². The first-order chi connectivity index (χ1) is 16.9. The summed E-state index contributed by atoms with van der Waals surface area (Å²) in [6, 6.07) is 13.2. The van der Waals surface area contributed by atoms with Crippen molar-refractivity contribution in [3.8, 4) is 17.1 Å². The topological polar surface area (TPSA) is 108 Å². The summed E-state index contributed by atoms with van der Waals surface area (Å²) >= 11 is 0. The fraction of sp³-hybridized carbons (Fsp3) is 0.231. The van der Waals surface area contributed by atoms with Gasteiger partial charge in [0.2, 0.25) is 5.95 Å². The van der Waals surface area contributed by atoms with Gasteiger partial charge < -0.3 is 25.3 Å². The van der Waals surface area contributed by atoms with E-state index >= 15 is 0 Å². The molecule has 4 aromatic rings. The molecule has 0 saturated carbocycles. The summed E-state index contributed by atoms with van der Waals surface area (Å²) in [6.07, 6.45) is 5.35. The number of pyridine rings is 1. The van der Waals surface area contributed by atoms with Crippen LogP contribution >= 0.6 is 0 Å². The minimum Gasteiger partial charge on any atom is -0.488 e. The normalized spacial score (nSPS) is 15.5. The van der Waals surface area contributed by atoms with Crippen LogP contribution in [0, 0.1) is 0 Å². The first-order valence-corrected chi connectivity index (χ1v) is 11.4. The quantitative estimate of drug-likeness (QED) is 0.390. The van der Waals surface area contributed by atoms with E-state index in [1.807, 2.05) is 42.5 Å². The Labute approximate surface area is 203 Å². The van der Waals surface area contributed by atoms with Crippen LogP contribution in [0.4, 0.5) is 11.6 Å². The molecule has 9 nitrogen and oxygen atoms in total. The zero-order valence-corrected chi connectivity index (χ0v) is 19.7. The van der Waals surface area contributed by atoms with Crippen LogP contribution in [0.1, 0.15) is 23.3 Å². The number of rotatable bonds is 6. The van der Waals surface area contributed by atoms with Crippen molar-refractivity contribution in [2.24, 2.45) is 0 Å². The van der Waals surface area contributed by atoms with Gasteiger partial charge in [0.05, 0.1) is 17.9 Å². The number of aromatic amines is 1. The molecule has 1 aromatic carbocycles. The number of hydrogen-bond donors (Lipinski definition) is 3. The van der Waals surface area contributed by atoms with E-state index in [0.717, 1.165) is 47.4 Å². The molecule has 1 aliphatic rings. The van der Waals surface area contributed by atoms with Crippen LogP contribution in [0.2, 0.25) is 0 Å². The maximum Gasteiger partial charge on any atom is 0.269 e. The van der Waals surface area contributed by atoms with E-state index in [9.17, 15) is 4.79 Å². The summed E-state index contributed by atoms with van der Waals surface area (Å²) < 4.78 is 6.13. The zero-order chi connectivity index (χ0) is 24.4. The molecule has 9 heteroatoms. The second kappa shape index (κ2) is 9.46. The van der Waals surface area contributed by atoms with Gasteiger partial charge in [0, 0.05) is 54.8 Å². The van der Waals surface area contributed by atoms with Gasteiger partial charge in [0.25, 0.3) is 5.91 Å². The number of allylic oxidation sites excluding steroid dienone is 1. The van der Waals surface area contributed by atoms with Gasteiger partial charge in [-0.25, -0.2) is 9.97 Å². The molecule has 1 atom stereocenters. The second-order valence-electron chi connectivity index (χ2n) is 8.71. The van der Waals surface area contributed by atoms with Crippen LogP contribution in [0.25, 0.3) is 22.3 Å². The second-order valence-corrected chi connectivity index (χ2v) is 8.71. The molecule has 0 bridgehead atoms. The molecule has 1 saturated heterocycles. The molecule has 3 aromatic heterocycles. The number of anilines is 2. The fourth-order valence-corrected chi connectivity index (χ4v) is 3.96. The van der Waals surface area contributed by atoms with E-state index in [1.54, 1.807) is 31.4 Å². The van der Waals surface area contributed by atoms with E-state index in [4.69, 9.17) is 4.74 Å². The van der Waals surface area contributed by atoms with Gasteiger partial charge in [-0.1, -0.05) is 6.58 Å². The lowest BCUT2D eigenvalue weighted by molar-refractivity contribution is 0.0823. The van der Waals surface area contributed by atoms with Crippen molar-refractivity contribution < 1.29 is 9.53 Å². The molecule has 178 valence electrons. The summed E-state index contributed by atoms with van der Waals surface area (Å²) in [5, 5.41) is 7.43. The number of nitrogens with one attached hydrogen (secondary N) is 3. The van der Waals surface area contributed by atoms with E-state index in [0.29, 0.717) is 23.0 Å². The summed E-state index contributed by atoms with van der Waals surface area (Å²) in [5.74, 6) is 1.13. The zero-order valence-electron chi connectivity index (χ0n) is 19.7. The lowest BCUT2D eigenvalue weighted by atomic mass is 10.1. The lowest BCUT2D eigenvalue weighted by Crippen LogP contribution is -2.35. The number of H-pyrrole nitrogens is 1. The van der Waals surface area contributed by atoms with Crippen molar-refractivity contribution in [2.75, 3.05) is 26.0 Å². The number of carbonyl (C=O) groups excluding carboxylic acids is 1. The van der Waals surface area contributed by atoms with Gasteiger partial charge in [-0.15, -0.1) is 0 Å². The molecule has 4 heterocycles. The minimum atomic E-state index is -0.0735. The monoisotopic (exact) mass is 469 g/mol. The highest BCUT2D eigenvalue weighted by atomic mass is 16.5. The van der Waals surface area contributed by atoms with Crippen molar-refractivity contribution in [1.82, 2.24) is 30.2 Å². The van der Waals surface area contributed by atoms with E-state index in [1.165, 1.54) is 0 Å². The summed E-state index contributed by atoms with van der Waals surface area (Å²) in [4.78, 5) is 30.4. The highest BCUT2D eigenvalue weighted by molar-refractivity contribution is 5.98. The highest BCUT2D eigenvalue weighted by Crippen LogP contribution is 2.25. The van der Waals surface area contributed by atoms with Gasteiger partial charge in [-0.05, 0) is 49.2 Å². The molecule has 3 N–H and O–H groups in total. The molecule has 1 amide bonds. The molecule has 0 radical (unpaired) electrons. The molecule has 5 rings (SSSR count). The Bertz CT molecular complexity index is 1390. The number of ether oxygens (including phenoxy) is 1. The first-order valence-electron chi connectivity index (χ1n) is 11.4. The van der Waals surface area contributed by atoms with Gasteiger partial charge >= 0.3 is 0 Å². The molecule has 0 aliphatic carbocycles. The molecular weight excluding hydrogens is 442 g/mol. The highest BCUT2D eigenvalue weighted by Gasteiger charge is 2.17. The molecule has 1 fully saturated rings. The number of fused-ring (bicyclic) bond motifs is 1. The number of benzene rings is 1. The Hall–Kier alpha value is -4.40. The average molecular weight is 470 g/mol. The molecule has 35 heavy (non-hydrogen) atoms. The predicted octanol–water partition coefficient (Wildman–Crippen LogP) is 4.11. The van der Waals surface area contributed by atoms with Crippen LogP contribution in [0.5, 0.6) is 5.75 Å². The third kappa shape index (κ3) is 5.08. The smallest absolute Gasteiger partial charge is 0.269 e. The minimum absolute atomic E-state index is 0.0735. The predicted molar refractivity (Wildman–Crippen MR) is 136 cm³/mol. The number of piperidine rings is 1. The van der Waals surface area contributed by atoms with E-state index in [-0.39, 0.29) is 12.0 Å². The Morgan fingerprint density at radius 2 is 1.97 bits per heavy atom. The number of aromatic nitrogens is 4. The van der Waals surface area contributed by atoms with Crippen molar-refractivity contribution in [3.05, 3.63) is 72.8 Å². The fourth-order valence-electron chi connectivity index (χ4n) is 3.96. The van der Waals surface area contributed by atoms with Crippen LogP contribution in [0.3, 0.4) is 0 Å². The average Bonchev–Trinajstić information content (AvgIpc) is 3.29. The summed E-state index contributed by atoms with van der Waals surface area (Å²) in [7, 11) is 3.46. The van der Waals surface area contributed by atoms with Crippen molar-refractivity contribution in [3.63, 3.8) is 0 Å². The Morgan fingerprint density at radius 3 is 2.77 bits per heavy atom. The SMILES string of the molecule is C=C1CC[C@H](Oc2ccnc(-c3ccnc(Nc4ccc5[nH]c(C(=O)N(C)C)cc5c4)n3)c2)CN1. The van der Waals surface area contributed by atoms with Crippen LogP contribution in [-0.4, -0.2) is 57.5 Å². The number of carbonyl (C=O) groups is 1. The standard InChI is InChI=1S/C26H27N7O2/c1-16-4-6-20(15-29-16)35-19-8-10-27-23(14-19)22-9-11-28-26(32-22)30-18-5-7-21-17(12-18)13-24(31-21)25(34)33(2)3/h5,7-14,20,29,31H,1,4,6,15H2,2-3H3,(H,28,30,32)/t20-/m0/s1.